The lowest BCUT2D eigenvalue weighted by molar-refractivity contribution is 0.0940. The summed E-state index contributed by atoms with van der Waals surface area (Å²) in [5.74, 6) is 2.09. The van der Waals surface area contributed by atoms with Gasteiger partial charge in [-0.15, -0.1) is 17.8 Å². The normalized spacial score (nSPS) is 13.0. The van der Waals surface area contributed by atoms with Crippen LogP contribution in [0.1, 0.15) is 16.6 Å². The summed E-state index contributed by atoms with van der Waals surface area (Å²) in [6, 6.07) is 3.64. The lowest BCUT2D eigenvalue weighted by Crippen LogP contribution is -2.42. The molecule has 1 amide bonds. The largest absolute Gasteiger partial charge is 0.332 e. The minimum Gasteiger partial charge on any atom is -0.332 e. The quantitative estimate of drug-likeness (QED) is 0.696. The first-order valence-electron chi connectivity index (χ1n) is 5.99. The van der Waals surface area contributed by atoms with Gasteiger partial charge in [-0.2, -0.15) is 0 Å². The topological polar surface area (TPSA) is 54.9 Å². The molecule has 0 saturated carbocycles. The number of nitrogens with zero attached hydrogens (tertiary/aromatic N) is 2. The van der Waals surface area contributed by atoms with Gasteiger partial charge in [0.05, 0.1) is 0 Å². The molecule has 6 heteroatoms. The van der Waals surface area contributed by atoms with Crippen molar-refractivity contribution in [3.63, 3.8) is 0 Å². The van der Waals surface area contributed by atoms with Crippen molar-refractivity contribution in [2.24, 2.45) is 0 Å². The molecule has 0 aromatic carbocycles. The second-order valence-electron chi connectivity index (χ2n) is 4.39. The van der Waals surface area contributed by atoms with Crippen molar-refractivity contribution in [1.29, 1.82) is 0 Å². The number of aromatic nitrogens is 2. The summed E-state index contributed by atoms with van der Waals surface area (Å²) in [6.07, 6.45) is 10.2. The average molecular weight is 318 g/mol. The lowest BCUT2D eigenvalue weighted by Gasteiger charge is -2.20. The van der Waals surface area contributed by atoms with Gasteiger partial charge in [0.15, 0.2) is 5.15 Å². The third-order valence-electron chi connectivity index (χ3n) is 2.78. The highest BCUT2D eigenvalue weighted by Gasteiger charge is 2.24. The van der Waals surface area contributed by atoms with Crippen molar-refractivity contribution in [3.05, 3.63) is 47.2 Å². The third kappa shape index (κ3) is 3.30. The van der Waals surface area contributed by atoms with Crippen molar-refractivity contribution >= 4 is 28.8 Å². The van der Waals surface area contributed by atoms with Gasteiger partial charge in [0.1, 0.15) is 15.4 Å². The molecule has 1 unspecified atom stereocenters. The Balaban J connectivity index is 2.30. The molecule has 0 radical (unpaired) electrons. The molecule has 2 heterocycles. The van der Waals surface area contributed by atoms with Crippen LogP contribution in [-0.4, -0.2) is 21.4 Å². The van der Waals surface area contributed by atoms with Gasteiger partial charge in [-0.25, -0.2) is 4.98 Å². The number of terminal acetylenes is 1. The number of rotatable bonds is 4. The van der Waals surface area contributed by atoms with Gasteiger partial charge in [0.25, 0.3) is 5.91 Å². The summed E-state index contributed by atoms with van der Waals surface area (Å²) in [7, 11) is 0. The van der Waals surface area contributed by atoms with Crippen LogP contribution < -0.4 is 5.32 Å². The maximum Gasteiger partial charge on any atom is 0.266 e. The summed E-state index contributed by atoms with van der Waals surface area (Å²) in [5.41, 5.74) is -0.134. The minimum absolute atomic E-state index is 0.139. The number of halogens is 1. The summed E-state index contributed by atoms with van der Waals surface area (Å²) in [6.45, 7) is 5.29. The summed E-state index contributed by atoms with van der Waals surface area (Å²) < 4.78 is 0. The van der Waals surface area contributed by atoms with E-state index in [-0.39, 0.29) is 11.1 Å². The highest BCUT2D eigenvalue weighted by molar-refractivity contribution is 7.17. The smallest absolute Gasteiger partial charge is 0.266 e. The summed E-state index contributed by atoms with van der Waals surface area (Å²) >= 11 is 7.23. The van der Waals surface area contributed by atoms with E-state index in [4.69, 9.17) is 18.0 Å². The van der Waals surface area contributed by atoms with Crippen LogP contribution in [0.3, 0.4) is 0 Å². The van der Waals surface area contributed by atoms with E-state index < -0.39 is 5.54 Å². The average Bonchev–Trinajstić information content (AvgIpc) is 2.90. The van der Waals surface area contributed by atoms with E-state index in [1.165, 1.54) is 17.4 Å². The van der Waals surface area contributed by atoms with Crippen molar-refractivity contribution in [2.75, 3.05) is 0 Å². The van der Waals surface area contributed by atoms with Crippen LogP contribution in [0.2, 0.25) is 5.15 Å². The molecule has 2 aromatic heterocycles. The van der Waals surface area contributed by atoms with Crippen LogP contribution in [-0.2, 0) is 0 Å². The van der Waals surface area contributed by atoms with Gasteiger partial charge in [0.2, 0.25) is 0 Å². The van der Waals surface area contributed by atoms with Crippen molar-refractivity contribution in [3.8, 4) is 22.9 Å². The minimum atomic E-state index is -0.932. The molecule has 0 spiro atoms. The Hall–Kier alpha value is -2.16. The predicted octanol–water partition coefficient (Wildman–Crippen LogP) is 3.17. The summed E-state index contributed by atoms with van der Waals surface area (Å²) in [4.78, 5) is 20.8. The molecule has 1 N–H and O–H groups in total. The molecule has 0 aliphatic rings. The Morgan fingerprint density at radius 3 is 3.00 bits per heavy atom. The van der Waals surface area contributed by atoms with Crippen LogP contribution in [0.25, 0.3) is 10.6 Å². The van der Waals surface area contributed by atoms with Gasteiger partial charge in [-0.1, -0.05) is 30.2 Å². The Kier molecular flexibility index (Phi) is 4.41. The zero-order valence-corrected chi connectivity index (χ0v) is 12.8. The van der Waals surface area contributed by atoms with Gasteiger partial charge >= 0.3 is 0 Å². The number of amides is 1. The van der Waals surface area contributed by atoms with Crippen LogP contribution in [0.4, 0.5) is 0 Å². The highest BCUT2D eigenvalue weighted by Crippen LogP contribution is 2.30. The molecule has 0 aliphatic heterocycles. The number of hydrogen-bond acceptors (Lipinski definition) is 4. The van der Waals surface area contributed by atoms with E-state index in [1.807, 2.05) is 6.07 Å². The fourth-order valence-electron chi connectivity index (χ4n) is 1.49. The third-order valence-corrected chi connectivity index (χ3v) is 4.27. The van der Waals surface area contributed by atoms with Crippen molar-refractivity contribution in [2.45, 2.75) is 12.5 Å². The Morgan fingerprint density at radius 2 is 2.43 bits per heavy atom. The number of thiazole rings is 1. The first-order chi connectivity index (χ1) is 9.99. The van der Waals surface area contributed by atoms with Crippen LogP contribution >= 0.6 is 22.9 Å². The molecule has 0 bridgehead atoms. The van der Waals surface area contributed by atoms with Crippen LogP contribution in [0.15, 0.2) is 37.2 Å². The van der Waals surface area contributed by atoms with E-state index in [2.05, 4.69) is 27.8 Å². The molecule has 1 atom stereocenters. The van der Waals surface area contributed by atoms with Crippen molar-refractivity contribution in [1.82, 2.24) is 15.3 Å². The lowest BCUT2D eigenvalue weighted by atomic mass is 10.0. The molecule has 106 valence electrons. The molecule has 2 rings (SSSR count). The van der Waals surface area contributed by atoms with E-state index >= 15 is 0 Å². The second-order valence-corrected chi connectivity index (χ2v) is 5.74. The Labute approximate surface area is 131 Å². The molecular weight excluding hydrogens is 306 g/mol. The molecule has 0 aliphatic carbocycles. The second kappa shape index (κ2) is 6.08. The fourth-order valence-corrected chi connectivity index (χ4v) is 2.67. The van der Waals surface area contributed by atoms with E-state index in [1.54, 1.807) is 25.4 Å². The van der Waals surface area contributed by atoms with Gasteiger partial charge in [-0.3, -0.25) is 9.78 Å². The maximum absolute atomic E-state index is 12.3. The van der Waals surface area contributed by atoms with E-state index in [9.17, 15) is 4.79 Å². The van der Waals surface area contributed by atoms with Gasteiger partial charge in [-0.05, 0) is 19.1 Å². The predicted molar refractivity (Wildman–Crippen MR) is 85.3 cm³/mol. The van der Waals surface area contributed by atoms with Crippen molar-refractivity contribution < 1.29 is 4.79 Å². The molecule has 0 fully saturated rings. The summed E-state index contributed by atoms with van der Waals surface area (Å²) in [5, 5.41) is 3.45. The molecule has 2 aromatic rings. The molecule has 4 nitrogen and oxygen atoms in total. The number of nitrogens with one attached hydrogen (secondary N) is 1. The Bertz CT molecular complexity index is 720. The van der Waals surface area contributed by atoms with Gasteiger partial charge < -0.3 is 5.32 Å². The van der Waals surface area contributed by atoms with Crippen LogP contribution in [0.5, 0.6) is 0 Å². The zero-order valence-electron chi connectivity index (χ0n) is 11.3. The first kappa shape index (κ1) is 15.2. The molecule has 0 saturated heterocycles. The monoisotopic (exact) mass is 317 g/mol. The standard InChI is InChI=1S/C15H12ClN3OS/c1-4-15(3,5-2)19-13(20)11-12(16)18-14(21-11)10-7-6-8-17-9-10/h1,5-9H,2H2,3H3,(H,19,20). The number of pyridine rings is 1. The van der Waals surface area contributed by atoms with E-state index in [0.717, 1.165) is 5.56 Å². The fraction of sp³-hybridized carbons (Fsp3) is 0.133. The number of hydrogen-bond donors (Lipinski definition) is 1. The molecule has 21 heavy (non-hydrogen) atoms. The maximum atomic E-state index is 12.3. The Morgan fingerprint density at radius 1 is 1.67 bits per heavy atom. The number of carbonyl (C=O) groups is 1. The van der Waals surface area contributed by atoms with Crippen LogP contribution in [0, 0.1) is 12.3 Å². The highest BCUT2D eigenvalue weighted by atomic mass is 35.5. The van der Waals surface area contributed by atoms with Gasteiger partial charge in [0, 0.05) is 18.0 Å². The van der Waals surface area contributed by atoms with E-state index in [0.29, 0.717) is 9.88 Å². The zero-order chi connectivity index (χ0) is 15.5. The first-order valence-corrected chi connectivity index (χ1v) is 7.19. The molecular formula is C15H12ClN3OS. The SMILES string of the molecule is C#CC(C)(C=C)NC(=O)c1sc(-c2cccnc2)nc1Cl. The number of carbonyl (C=O) groups excluding carboxylic acids is 1.